The molecule has 0 unspecified atom stereocenters. The highest BCUT2D eigenvalue weighted by Gasteiger charge is 2.10. The summed E-state index contributed by atoms with van der Waals surface area (Å²) in [4.78, 5) is 13.1. The molecule has 0 aromatic heterocycles. The van der Waals surface area contributed by atoms with Crippen molar-refractivity contribution in [3.05, 3.63) is 29.8 Å². The minimum absolute atomic E-state index is 0.145. The van der Waals surface area contributed by atoms with Gasteiger partial charge >= 0.3 is 5.97 Å². The van der Waals surface area contributed by atoms with Gasteiger partial charge in [0.1, 0.15) is 12.4 Å². The molecule has 0 radical (unpaired) electrons. The van der Waals surface area contributed by atoms with Crippen molar-refractivity contribution in [3.63, 3.8) is 0 Å². The lowest BCUT2D eigenvalue weighted by molar-refractivity contribution is -0.136. The Hall–Kier alpha value is -1.55. The lowest BCUT2D eigenvalue weighted by Gasteiger charge is -2.26. The van der Waals surface area contributed by atoms with Crippen LogP contribution in [0.15, 0.2) is 24.3 Å². The van der Waals surface area contributed by atoms with Crippen LogP contribution in [-0.4, -0.2) is 42.2 Å². The Labute approximate surface area is 120 Å². The molecule has 1 saturated heterocycles. The summed E-state index contributed by atoms with van der Waals surface area (Å²) in [5, 5.41) is 8.76. The minimum atomic E-state index is -0.770. The van der Waals surface area contributed by atoms with Crippen LogP contribution in [0.5, 0.6) is 5.75 Å². The van der Waals surface area contributed by atoms with E-state index < -0.39 is 5.97 Å². The topological polar surface area (TPSA) is 49.8 Å². The van der Waals surface area contributed by atoms with Crippen LogP contribution in [0.1, 0.15) is 31.2 Å². The molecule has 1 aromatic rings. The molecule has 1 N–H and O–H groups in total. The summed E-state index contributed by atoms with van der Waals surface area (Å²) in [5.74, 6) is 0.0545. The second kappa shape index (κ2) is 7.90. The van der Waals surface area contributed by atoms with E-state index in [1.54, 1.807) is 0 Å². The Morgan fingerprint density at radius 2 is 1.95 bits per heavy atom. The van der Waals surface area contributed by atoms with Gasteiger partial charge in [-0.05, 0) is 44.0 Å². The third-order valence-corrected chi connectivity index (χ3v) is 3.69. The van der Waals surface area contributed by atoms with E-state index in [1.165, 1.54) is 32.4 Å². The third kappa shape index (κ3) is 4.85. The van der Waals surface area contributed by atoms with E-state index in [-0.39, 0.29) is 6.42 Å². The number of aliphatic carboxylic acids is 1. The van der Waals surface area contributed by atoms with Crippen molar-refractivity contribution >= 4 is 5.97 Å². The molecule has 2 rings (SSSR count). The second-order valence-electron chi connectivity index (χ2n) is 5.25. The number of likely N-dealkylation sites (tertiary alicyclic amines) is 1. The molecule has 0 bridgehead atoms. The summed E-state index contributed by atoms with van der Waals surface area (Å²) >= 11 is 0. The van der Waals surface area contributed by atoms with Gasteiger partial charge in [-0.3, -0.25) is 9.69 Å². The molecule has 0 amide bonds. The van der Waals surface area contributed by atoms with Crippen LogP contribution in [0.25, 0.3) is 0 Å². The number of carboxylic acid groups (broad SMARTS) is 1. The summed E-state index contributed by atoms with van der Waals surface area (Å²) in [6.45, 7) is 3.96. The summed E-state index contributed by atoms with van der Waals surface area (Å²) in [7, 11) is 0. The molecule has 1 heterocycles. The van der Waals surface area contributed by atoms with E-state index >= 15 is 0 Å². The first-order chi connectivity index (χ1) is 9.75. The van der Waals surface area contributed by atoms with Gasteiger partial charge in [0.15, 0.2) is 0 Å². The average Bonchev–Trinajstić information content (AvgIpc) is 2.47. The zero-order chi connectivity index (χ0) is 14.2. The molecule has 1 aromatic carbocycles. The molecule has 0 saturated carbocycles. The Morgan fingerprint density at radius 3 is 2.70 bits per heavy atom. The van der Waals surface area contributed by atoms with Crippen molar-refractivity contribution < 1.29 is 14.6 Å². The molecule has 4 nitrogen and oxygen atoms in total. The van der Waals surface area contributed by atoms with Crippen molar-refractivity contribution in [2.45, 2.75) is 32.1 Å². The molecule has 1 aliphatic heterocycles. The van der Waals surface area contributed by atoms with Crippen LogP contribution in [0.2, 0.25) is 0 Å². The molecule has 110 valence electrons. The maximum Gasteiger partial charge on any atom is 0.303 e. The first kappa shape index (κ1) is 14.9. The lowest BCUT2D eigenvalue weighted by Crippen LogP contribution is -2.33. The number of carbonyl (C=O) groups is 1. The van der Waals surface area contributed by atoms with E-state index in [0.717, 1.165) is 17.9 Å². The van der Waals surface area contributed by atoms with E-state index in [4.69, 9.17) is 9.84 Å². The Bertz CT molecular complexity index is 427. The van der Waals surface area contributed by atoms with Crippen molar-refractivity contribution in [3.8, 4) is 5.75 Å². The molecular weight excluding hydrogens is 254 g/mol. The van der Waals surface area contributed by atoms with Crippen molar-refractivity contribution in [2.24, 2.45) is 0 Å². The average molecular weight is 277 g/mol. The number of hydrogen-bond donors (Lipinski definition) is 1. The summed E-state index contributed by atoms with van der Waals surface area (Å²) < 4.78 is 5.84. The molecule has 1 fully saturated rings. The number of piperidine rings is 1. The fourth-order valence-corrected chi connectivity index (χ4v) is 2.56. The van der Waals surface area contributed by atoms with Crippen LogP contribution in [0, 0.1) is 0 Å². The van der Waals surface area contributed by atoms with Gasteiger partial charge in [-0.25, -0.2) is 0 Å². The van der Waals surface area contributed by atoms with Gasteiger partial charge in [0.05, 0.1) is 0 Å². The number of hydrogen-bond acceptors (Lipinski definition) is 3. The summed E-state index contributed by atoms with van der Waals surface area (Å²) in [6.07, 6.45) is 4.58. The molecular formula is C16H23NO3. The number of para-hydroxylation sites is 1. The van der Waals surface area contributed by atoms with Gasteiger partial charge in [0.2, 0.25) is 0 Å². The number of ether oxygens (including phenoxy) is 1. The molecule has 0 spiro atoms. The first-order valence-corrected chi connectivity index (χ1v) is 7.40. The van der Waals surface area contributed by atoms with Crippen LogP contribution in [0.4, 0.5) is 0 Å². The molecule has 4 heteroatoms. The van der Waals surface area contributed by atoms with Gasteiger partial charge in [-0.15, -0.1) is 0 Å². The van der Waals surface area contributed by atoms with Crippen LogP contribution >= 0.6 is 0 Å². The number of rotatable bonds is 7. The second-order valence-corrected chi connectivity index (χ2v) is 5.25. The van der Waals surface area contributed by atoms with Crippen molar-refractivity contribution in [1.82, 2.24) is 4.90 Å². The van der Waals surface area contributed by atoms with Crippen LogP contribution in [-0.2, 0) is 11.2 Å². The van der Waals surface area contributed by atoms with E-state index in [9.17, 15) is 4.79 Å². The van der Waals surface area contributed by atoms with Gasteiger partial charge < -0.3 is 9.84 Å². The Kier molecular flexibility index (Phi) is 5.87. The van der Waals surface area contributed by atoms with Gasteiger partial charge in [-0.1, -0.05) is 24.6 Å². The van der Waals surface area contributed by atoms with Gasteiger partial charge in [0, 0.05) is 13.0 Å². The SMILES string of the molecule is O=C(O)CCc1ccccc1OCCN1CCCCC1. The Balaban J connectivity index is 1.80. The monoisotopic (exact) mass is 277 g/mol. The molecule has 0 atom stereocenters. The van der Waals surface area contributed by atoms with Crippen LogP contribution < -0.4 is 4.74 Å². The molecule has 20 heavy (non-hydrogen) atoms. The number of carboxylic acids is 1. The quantitative estimate of drug-likeness (QED) is 0.832. The maximum absolute atomic E-state index is 10.7. The van der Waals surface area contributed by atoms with E-state index in [1.807, 2.05) is 24.3 Å². The predicted molar refractivity (Wildman–Crippen MR) is 78.2 cm³/mol. The standard InChI is InChI=1S/C16H23NO3/c18-16(19)9-8-14-6-2-3-7-15(14)20-13-12-17-10-4-1-5-11-17/h2-3,6-7H,1,4-5,8-13H2,(H,18,19). The lowest BCUT2D eigenvalue weighted by atomic mass is 10.1. The van der Waals surface area contributed by atoms with Crippen LogP contribution in [0.3, 0.4) is 0 Å². The largest absolute Gasteiger partial charge is 0.492 e. The minimum Gasteiger partial charge on any atom is -0.492 e. The summed E-state index contributed by atoms with van der Waals surface area (Å²) in [5.41, 5.74) is 0.980. The van der Waals surface area contributed by atoms with Gasteiger partial charge in [0.25, 0.3) is 0 Å². The zero-order valence-corrected chi connectivity index (χ0v) is 11.9. The highest BCUT2D eigenvalue weighted by atomic mass is 16.5. The predicted octanol–water partition coefficient (Wildman–Crippen LogP) is 2.57. The summed E-state index contributed by atoms with van der Waals surface area (Å²) in [6, 6.07) is 7.72. The number of aryl methyl sites for hydroxylation is 1. The first-order valence-electron chi connectivity index (χ1n) is 7.40. The third-order valence-electron chi connectivity index (χ3n) is 3.69. The fourth-order valence-electron chi connectivity index (χ4n) is 2.56. The number of nitrogens with zero attached hydrogens (tertiary/aromatic N) is 1. The van der Waals surface area contributed by atoms with E-state index in [0.29, 0.717) is 13.0 Å². The normalized spacial score (nSPS) is 16.0. The maximum atomic E-state index is 10.7. The van der Waals surface area contributed by atoms with Gasteiger partial charge in [-0.2, -0.15) is 0 Å². The molecule has 0 aliphatic carbocycles. The highest BCUT2D eigenvalue weighted by molar-refractivity contribution is 5.67. The Morgan fingerprint density at radius 1 is 1.20 bits per heavy atom. The zero-order valence-electron chi connectivity index (χ0n) is 11.9. The fraction of sp³-hybridized carbons (Fsp3) is 0.562. The smallest absolute Gasteiger partial charge is 0.303 e. The number of benzene rings is 1. The van der Waals surface area contributed by atoms with E-state index in [2.05, 4.69) is 4.90 Å². The highest BCUT2D eigenvalue weighted by Crippen LogP contribution is 2.19. The molecule has 1 aliphatic rings. The van der Waals surface area contributed by atoms with Crippen molar-refractivity contribution in [1.29, 1.82) is 0 Å². The van der Waals surface area contributed by atoms with Crippen molar-refractivity contribution in [2.75, 3.05) is 26.2 Å².